The van der Waals surface area contributed by atoms with Gasteiger partial charge in [-0.2, -0.15) is 0 Å². The van der Waals surface area contributed by atoms with E-state index in [2.05, 4.69) is 62.7 Å². The molecule has 2 aromatic rings. The summed E-state index contributed by atoms with van der Waals surface area (Å²) in [6.07, 6.45) is 1.05. The SMILES string of the molecule is Cc1ccccc1C1(Cc2nc(C(C)(C)C)cs2)CNC1. The molecule has 1 saturated heterocycles. The highest BCUT2D eigenvalue weighted by Crippen LogP contribution is 2.36. The maximum atomic E-state index is 4.89. The molecule has 3 heteroatoms. The Morgan fingerprint density at radius 3 is 2.48 bits per heavy atom. The lowest BCUT2D eigenvalue weighted by atomic mass is 9.71. The highest BCUT2D eigenvalue weighted by Gasteiger charge is 2.40. The molecule has 1 aliphatic heterocycles. The van der Waals surface area contributed by atoms with Crippen molar-refractivity contribution in [2.24, 2.45) is 0 Å². The molecule has 0 amide bonds. The Labute approximate surface area is 131 Å². The molecule has 1 fully saturated rings. The predicted octanol–water partition coefficient (Wildman–Crippen LogP) is 3.83. The van der Waals surface area contributed by atoms with Gasteiger partial charge in [0.2, 0.25) is 0 Å². The molecule has 1 aromatic carbocycles. The van der Waals surface area contributed by atoms with Crippen LogP contribution in [-0.2, 0) is 17.3 Å². The van der Waals surface area contributed by atoms with Crippen LogP contribution in [0.1, 0.15) is 42.6 Å². The van der Waals surface area contributed by atoms with E-state index in [9.17, 15) is 0 Å². The number of thiazole rings is 1. The minimum atomic E-state index is 0.141. The van der Waals surface area contributed by atoms with E-state index in [4.69, 9.17) is 4.98 Å². The third-order valence-electron chi connectivity index (χ3n) is 4.45. The van der Waals surface area contributed by atoms with Crippen LogP contribution < -0.4 is 5.32 Å². The number of rotatable bonds is 3. The number of hydrogen-bond acceptors (Lipinski definition) is 3. The van der Waals surface area contributed by atoms with Gasteiger partial charge in [-0.25, -0.2) is 4.98 Å². The third kappa shape index (κ3) is 2.77. The molecule has 1 N–H and O–H groups in total. The minimum Gasteiger partial charge on any atom is -0.315 e. The molecule has 1 aliphatic rings. The molecule has 3 rings (SSSR count). The van der Waals surface area contributed by atoms with E-state index < -0.39 is 0 Å². The fourth-order valence-electron chi connectivity index (χ4n) is 3.03. The van der Waals surface area contributed by atoms with Crippen LogP contribution >= 0.6 is 11.3 Å². The van der Waals surface area contributed by atoms with Crippen LogP contribution in [0.25, 0.3) is 0 Å². The van der Waals surface area contributed by atoms with Gasteiger partial charge in [-0.3, -0.25) is 0 Å². The molecule has 2 nitrogen and oxygen atoms in total. The summed E-state index contributed by atoms with van der Waals surface area (Å²) in [7, 11) is 0. The van der Waals surface area contributed by atoms with Crippen molar-refractivity contribution >= 4 is 11.3 Å². The molecule has 0 spiro atoms. The first-order valence-electron chi connectivity index (χ1n) is 7.62. The molecule has 0 radical (unpaired) electrons. The number of aryl methyl sites for hydroxylation is 1. The lowest BCUT2D eigenvalue weighted by Gasteiger charge is -2.43. The maximum absolute atomic E-state index is 4.89. The van der Waals surface area contributed by atoms with Crippen molar-refractivity contribution in [3.8, 4) is 0 Å². The van der Waals surface area contributed by atoms with Crippen LogP contribution in [0.15, 0.2) is 29.6 Å². The zero-order valence-corrected chi connectivity index (χ0v) is 14.2. The van der Waals surface area contributed by atoms with Crippen molar-refractivity contribution < 1.29 is 0 Å². The van der Waals surface area contributed by atoms with Gasteiger partial charge in [0, 0.05) is 35.7 Å². The highest BCUT2D eigenvalue weighted by molar-refractivity contribution is 7.09. The van der Waals surface area contributed by atoms with Crippen LogP contribution in [0.5, 0.6) is 0 Å². The Hall–Kier alpha value is -1.19. The van der Waals surface area contributed by atoms with Crippen LogP contribution in [0.3, 0.4) is 0 Å². The number of nitrogens with zero attached hydrogens (tertiary/aromatic N) is 1. The van der Waals surface area contributed by atoms with Gasteiger partial charge in [0.25, 0.3) is 0 Å². The van der Waals surface area contributed by atoms with Crippen LogP contribution in [0, 0.1) is 6.92 Å². The maximum Gasteiger partial charge on any atom is 0.0938 e. The Morgan fingerprint density at radius 2 is 1.95 bits per heavy atom. The first-order chi connectivity index (χ1) is 9.91. The average molecular weight is 300 g/mol. The number of aromatic nitrogens is 1. The summed E-state index contributed by atoms with van der Waals surface area (Å²) in [5.74, 6) is 0. The Kier molecular flexibility index (Phi) is 3.66. The van der Waals surface area contributed by atoms with Gasteiger partial charge in [0.1, 0.15) is 0 Å². The Balaban J connectivity index is 1.88. The van der Waals surface area contributed by atoms with Gasteiger partial charge >= 0.3 is 0 Å². The lowest BCUT2D eigenvalue weighted by Crippen LogP contribution is -2.58. The largest absolute Gasteiger partial charge is 0.315 e. The fraction of sp³-hybridized carbons (Fsp3) is 0.500. The first-order valence-corrected chi connectivity index (χ1v) is 8.50. The van der Waals surface area contributed by atoms with Gasteiger partial charge in [-0.05, 0) is 18.1 Å². The van der Waals surface area contributed by atoms with Crippen LogP contribution in [0.4, 0.5) is 0 Å². The Bertz CT molecular complexity index is 633. The van der Waals surface area contributed by atoms with Crippen LogP contribution in [-0.4, -0.2) is 18.1 Å². The van der Waals surface area contributed by atoms with E-state index in [-0.39, 0.29) is 10.8 Å². The third-order valence-corrected chi connectivity index (χ3v) is 5.30. The summed E-state index contributed by atoms with van der Waals surface area (Å²) in [4.78, 5) is 4.89. The second-order valence-electron chi connectivity index (χ2n) is 7.25. The summed E-state index contributed by atoms with van der Waals surface area (Å²) in [6.45, 7) is 11.0. The van der Waals surface area contributed by atoms with Crippen molar-refractivity contribution in [2.45, 2.75) is 44.9 Å². The van der Waals surface area contributed by atoms with E-state index in [1.54, 1.807) is 0 Å². The van der Waals surface area contributed by atoms with E-state index in [0.29, 0.717) is 0 Å². The van der Waals surface area contributed by atoms with Gasteiger partial charge in [-0.1, -0.05) is 45.0 Å². The number of benzene rings is 1. The van der Waals surface area contributed by atoms with E-state index in [0.717, 1.165) is 19.5 Å². The normalized spacial score (nSPS) is 17.5. The molecule has 0 atom stereocenters. The smallest absolute Gasteiger partial charge is 0.0938 e. The molecule has 0 saturated carbocycles. The monoisotopic (exact) mass is 300 g/mol. The van der Waals surface area contributed by atoms with E-state index >= 15 is 0 Å². The fourth-order valence-corrected chi connectivity index (χ4v) is 4.20. The molecule has 0 aliphatic carbocycles. The zero-order chi connectivity index (χ0) is 15.1. The van der Waals surface area contributed by atoms with Crippen molar-refractivity contribution in [2.75, 3.05) is 13.1 Å². The second-order valence-corrected chi connectivity index (χ2v) is 8.19. The summed E-state index contributed by atoms with van der Waals surface area (Å²) in [5.41, 5.74) is 4.47. The lowest BCUT2D eigenvalue weighted by molar-refractivity contribution is 0.273. The van der Waals surface area contributed by atoms with Crippen molar-refractivity contribution in [1.29, 1.82) is 0 Å². The molecule has 112 valence electrons. The number of nitrogens with one attached hydrogen (secondary N) is 1. The zero-order valence-electron chi connectivity index (χ0n) is 13.4. The number of hydrogen-bond donors (Lipinski definition) is 1. The highest BCUT2D eigenvalue weighted by atomic mass is 32.1. The van der Waals surface area contributed by atoms with Gasteiger partial charge in [0.15, 0.2) is 0 Å². The average Bonchev–Trinajstić information content (AvgIpc) is 2.83. The molecule has 0 bridgehead atoms. The molecule has 2 heterocycles. The van der Waals surface area contributed by atoms with Crippen molar-refractivity contribution in [3.63, 3.8) is 0 Å². The minimum absolute atomic E-state index is 0.141. The summed E-state index contributed by atoms with van der Waals surface area (Å²) >= 11 is 1.81. The van der Waals surface area contributed by atoms with Crippen LogP contribution in [0.2, 0.25) is 0 Å². The van der Waals surface area contributed by atoms with Gasteiger partial charge in [-0.15, -0.1) is 11.3 Å². The Morgan fingerprint density at radius 1 is 1.24 bits per heavy atom. The van der Waals surface area contributed by atoms with Crippen molar-refractivity contribution in [1.82, 2.24) is 10.3 Å². The molecular formula is C18H24N2S. The summed E-state index contributed by atoms with van der Waals surface area (Å²) in [6, 6.07) is 8.79. The summed E-state index contributed by atoms with van der Waals surface area (Å²) in [5, 5.41) is 6.96. The quantitative estimate of drug-likeness (QED) is 0.932. The second kappa shape index (κ2) is 5.22. The standard InChI is InChI=1S/C18H24N2S/c1-13-7-5-6-8-14(13)18(11-19-12-18)9-16-20-15(10-21-16)17(2,3)4/h5-8,10,19H,9,11-12H2,1-4H3. The predicted molar refractivity (Wildman–Crippen MR) is 90.2 cm³/mol. The van der Waals surface area contributed by atoms with Gasteiger partial charge in [0.05, 0.1) is 10.7 Å². The molecular weight excluding hydrogens is 276 g/mol. The van der Waals surface area contributed by atoms with E-state index in [1.807, 2.05) is 11.3 Å². The van der Waals surface area contributed by atoms with E-state index in [1.165, 1.54) is 21.8 Å². The molecule has 1 aromatic heterocycles. The first kappa shape index (κ1) is 14.7. The topological polar surface area (TPSA) is 24.9 Å². The molecule has 0 unspecified atom stereocenters. The van der Waals surface area contributed by atoms with Gasteiger partial charge < -0.3 is 5.32 Å². The summed E-state index contributed by atoms with van der Waals surface area (Å²) < 4.78 is 0. The van der Waals surface area contributed by atoms with Crippen molar-refractivity contribution in [3.05, 3.63) is 51.5 Å². The molecule has 21 heavy (non-hydrogen) atoms.